The zero-order valence-corrected chi connectivity index (χ0v) is 8.77. The number of benzene rings is 1. The van der Waals surface area contributed by atoms with Crippen LogP contribution in [0, 0.1) is 6.92 Å². The van der Waals surface area contributed by atoms with Gasteiger partial charge in [0.1, 0.15) is 0 Å². The van der Waals surface area contributed by atoms with Gasteiger partial charge in [-0.3, -0.25) is 0 Å². The van der Waals surface area contributed by atoms with Crippen LogP contribution in [0.1, 0.15) is 23.0 Å². The first kappa shape index (κ1) is 9.93. The van der Waals surface area contributed by atoms with Crippen LogP contribution >= 0.6 is 0 Å². The number of nitrogens with zero attached hydrogens (tertiary/aromatic N) is 1. The summed E-state index contributed by atoms with van der Waals surface area (Å²) in [5, 5.41) is 0. The van der Waals surface area contributed by atoms with Crippen LogP contribution in [0.2, 0.25) is 0 Å². The monoisotopic (exact) mass is 201 g/mol. The summed E-state index contributed by atoms with van der Waals surface area (Å²) in [5.41, 5.74) is 9.40. The molecule has 0 fully saturated rings. The van der Waals surface area contributed by atoms with Gasteiger partial charge in [-0.2, -0.15) is 0 Å². The Bertz CT molecular complexity index is 419. The molecule has 1 atom stereocenters. The molecule has 1 heterocycles. The Morgan fingerprint density at radius 2 is 2.07 bits per heavy atom. The van der Waals surface area contributed by atoms with E-state index in [-0.39, 0.29) is 6.04 Å². The van der Waals surface area contributed by atoms with Crippen molar-refractivity contribution in [2.24, 2.45) is 5.73 Å². The van der Waals surface area contributed by atoms with Gasteiger partial charge in [0.15, 0.2) is 0 Å². The smallest absolute Gasteiger partial charge is 0.0925 e. The van der Waals surface area contributed by atoms with Crippen molar-refractivity contribution in [3.05, 3.63) is 53.6 Å². The van der Waals surface area contributed by atoms with Crippen molar-refractivity contribution in [1.29, 1.82) is 0 Å². The lowest BCUT2D eigenvalue weighted by molar-refractivity contribution is 0.706. The molecule has 2 aromatic rings. The Morgan fingerprint density at radius 3 is 2.67 bits per heavy atom. The summed E-state index contributed by atoms with van der Waals surface area (Å²) in [6.07, 6.45) is 2.49. The second-order valence-corrected chi connectivity index (χ2v) is 3.70. The standard InChI is InChI=1S/C12H15N3/c1-9-12(15-8-14-9)7-11(13)10-5-3-2-4-6-10/h2-6,8,11H,7,13H2,1H3,(H,14,15). The molecule has 0 bridgehead atoms. The van der Waals surface area contributed by atoms with E-state index in [4.69, 9.17) is 5.73 Å². The number of H-pyrrole nitrogens is 1. The van der Waals surface area contributed by atoms with Crippen molar-refractivity contribution < 1.29 is 0 Å². The largest absolute Gasteiger partial charge is 0.348 e. The fourth-order valence-electron chi connectivity index (χ4n) is 1.62. The maximum Gasteiger partial charge on any atom is 0.0925 e. The maximum atomic E-state index is 6.10. The third-order valence-electron chi connectivity index (χ3n) is 2.58. The minimum atomic E-state index is 0.0215. The van der Waals surface area contributed by atoms with Crippen LogP contribution in [0.15, 0.2) is 36.7 Å². The van der Waals surface area contributed by atoms with Gasteiger partial charge in [0.25, 0.3) is 0 Å². The lowest BCUT2D eigenvalue weighted by atomic mass is 10.0. The van der Waals surface area contributed by atoms with Crippen LogP contribution in [-0.2, 0) is 6.42 Å². The van der Waals surface area contributed by atoms with Gasteiger partial charge in [-0.1, -0.05) is 30.3 Å². The normalized spacial score (nSPS) is 12.7. The average molecular weight is 201 g/mol. The molecule has 0 aliphatic heterocycles. The fraction of sp³-hybridized carbons (Fsp3) is 0.250. The molecule has 1 aromatic heterocycles. The second-order valence-electron chi connectivity index (χ2n) is 3.70. The van der Waals surface area contributed by atoms with E-state index in [9.17, 15) is 0 Å². The first-order valence-corrected chi connectivity index (χ1v) is 5.06. The summed E-state index contributed by atoms with van der Waals surface area (Å²) in [4.78, 5) is 7.30. The molecule has 3 heteroatoms. The van der Waals surface area contributed by atoms with Crippen molar-refractivity contribution in [2.75, 3.05) is 0 Å². The van der Waals surface area contributed by atoms with Crippen LogP contribution in [0.3, 0.4) is 0 Å². The summed E-state index contributed by atoms with van der Waals surface area (Å²) in [6.45, 7) is 2.01. The van der Waals surface area contributed by atoms with E-state index >= 15 is 0 Å². The summed E-state index contributed by atoms with van der Waals surface area (Å²) < 4.78 is 0. The molecule has 0 saturated heterocycles. The summed E-state index contributed by atoms with van der Waals surface area (Å²) >= 11 is 0. The maximum absolute atomic E-state index is 6.10. The van der Waals surface area contributed by atoms with Gasteiger partial charge in [0.05, 0.1) is 12.0 Å². The molecule has 0 aliphatic rings. The third kappa shape index (κ3) is 2.25. The topological polar surface area (TPSA) is 54.7 Å². The number of hydrogen-bond donors (Lipinski definition) is 2. The number of rotatable bonds is 3. The molecule has 1 unspecified atom stereocenters. The van der Waals surface area contributed by atoms with Gasteiger partial charge in [0, 0.05) is 18.2 Å². The van der Waals surface area contributed by atoms with E-state index in [0.29, 0.717) is 0 Å². The molecule has 15 heavy (non-hydrogen) atoms. The SMILES string of the molecule is Cc1[nH]cnc1CC(N)c1ccccc1. The summed E-state index contributed by atoms with van der Waals surface area (Å²) in [7, 11) is 0. The Morgan fingerprint density at radius 1 is 1.33 bits per heavy atom. The van der Waals surface area contributed by atoms with E-state index in [0.717, 1.165) is 23.4 Å². The molecule has 0 amide bonds. The number of nitrogens with one attached hydrogen (secondary N) is 1. The molecule has 1 aromatic carbocycles. The predicted molar refractivity (Wildman–Crippen MR) is 60.4 cm³/mol. The number of aromatic amines is 1. The third-order valence-corrected chi connectivity index (χ3v) is 2.58. The van der Waals surface area contributed by atoms with Crippen molar-refractivity contribution in [3.63, 3.8) is 0 Å². The minimum absolute atomic E-state index is 0.0215. The average Bonchev–Trinajstić information content (AvgIpc) is 2.66. The second kappa shape index (κ2) is 4.28. The van der Waals surface area contributed by atoms with Crippen molar-refractivity contribution in [3.8, 4) is 0 Å². The molecule has 3 nitrogen and oxygen atoms in total. The highest BCUT2D eigenvalue weighted by Crippen LogP contribution is 2.15. The molecule has 2 rings (SSSR count). The molecule has 0 radical (unpaired) electrons. The van der Waals surface area contributed by atoms with E-state index in [1.807, 2.05) is 37.3 Å². The summed E-state index contributed by atoms with van der Waals surface area (Å²) in [6, 6.07) is 10.1. The fourth-order valence-corrected chi connectivity index (χ4v) is 1.62. The van der Waals surface area contributed by atoms with E-state index in [2.05, 4.69) is 9.97 Å². The Kier molecular flexibility index (Phi) is 2.83. The number of aryl methyl sites for hydroxylation is 1. The Labute approximate surface area is 89.4 Å². The number of hydrogen-bond acceptors (Lipinski definition) is 2. The van der Waals surface area contributed by atoms with Crippen molar-refractivity contribution in [2.45, 2.75) is 19.4 Å². The lowest BCUT2D eigenvalue weighted by Crippen LogP contribution is -2.13. The molecule has 78 valence electrons. The predicted octanol–water partition coefficient (Wildman–Crippen LogP) is 1.96. The van der Waals surface area contributed by atoms with Crippen LogP contribution < -0.4 is 5.73 Å². The quantitative estimate of drug-likeness (QED) is 0.797. The van der Waals surface area contributed by atoms with Crippen molar-refractivity contribution >= 4 is 0 Å². The van der Waals surface area contributed by atoms with E-state index in [1.54, 1.807) is 6.33 Å². The van der Waals surface area contributed by atoms with Gasteiger partial charge in [-0.05, 0) is 12.5 Å². The lowest BCUT2D eigenvalue weighted by Gasteiger charge is -2.10. The highest BCUT2D eigenvalue weighted by molar-refractivity contribution is 5.21. The summed E-state index contributed by atoms with van der Waals surface area (Å²) in [5.74, 6) is 0. The van der Waals surface area contributed by atoms with Crippen LogP contribution in [0.4, 0.5) is 0 Å². The van der Waals surface area contributed by atoms with E-state index in [1.165, 1.54) is 0 Å². The van der Waals surface area contributed by atoms with Gasteiger partial charge in [0.2, 0.25) is 0 Å². The molecule has 0 spiro atoms. The van der Waals surface area contributed by atoms with Crippen LogP contribution in [0.25, 0.3) is 0 Å². The van der Waals surface area contributed by atoms with Gasteiger partial charge >= 0.3 is 0 Å². The highest BCUT2D eigenvalue weighted by Gasteiger charge is 2.09. The van der Waals surface area contributed by atoms with Crippen LogP contribution in [0.5, 0.6) is 0 Å². The zero-order valence-electron chi connectivity index (χ0n) is 8.77. The molecule has 0 saturated carbocycles. The number of aromatic nitrogens is 2. The highest BCUT2D eigenvalue weighted by atomic mass is 14.9. The molecular formula is C12H15N3. The van der Waals surface area contributed by atoms with Gasteiger partial charge < -0.3 is 10.7 Å². The molecule has 0 aliphatic carbocycles. The van der Waals surface area contributed by atoms with E-state index < -0.39 is 0 Å². The van der Waals surface area contributed by atoms with Crippen molar-refractivity contribution in [1.82, 2.24) is 9.97 Å². The minimum Gasteiger partial charge on any atom is -0.348 e. The molecular weight excluding hydrogens is 186 g/mol. The zero-order chi connectivity index (χ0) is 10.7. The first-order chi connectivity index (χ1) is 7.27. The Balaban J connectivity index is 2.11. The number of imidazole rings is 1. The first-order valence-electron chi connectivity index (χ1n) is 5.06. The number of nitrogens with two attached hydrogens (primary N) is 1. The molecule has 3 N–H and O–H groups in total. The van der Waals surface area contributed by atoms with Gasteiger partial charge in [-0.25, -0.2) is 4.98 Å². The van der Waals surface area contributed by atoms with Gasteiger partial charge in [-0.15, -0.1) is 0 Å². The Hall–Kier alpha value is -1.61. The van der Waals surface area contributed by atoms with Crippen LogP contribution in [-0.4, -0.2) is 9.97 Å².